The Labute approximate surface area is 119 Å². The summed E-state index contributed by atoms with van der Waals surface area (Å²) < 4.78 is 0. The third-order valence-corrected chi connectivity index (χ3v) is 3.19. The van der Waals surface area contributed by atoms with Gasteiger partial charge < -0.3 is 10.6 Å². The Morgan fingerprint density at radius 1 is 1.15 bits per heavy atom. The predicted octanol–water partition coefficient (Wildman–Crippen LogP) is 3.58. The lowest BCUT2D eigenvalue weighted by Crippen LogP contribution is -2.31. The molecule has 2 rings (SSSR count). The number of amides is 2. The number of pyridine rings is 1. The van der Waals surface area contributed by atoms with Gasteiger partial charge in [0.25, 0.3) is 0 Å². The van der Waals surface area contributed by atoms with Crippen LogP contribution in [0.15, 0.2) is 42.7 Å². The van der Waals surface area contributed by atoms with E-state index in [-0.39, 0.29) is 12.1 Å². The van der Waals surface area contributed by atoms with Crippen molar-refractivity contribution < 1.29 is 4.79 Å². The largest absolute Gasteiger partial charge is 0.331 e. The fourth-order valence-corrected chi connectivity index (χ4v) is 1.96. The Morgan fingerprint density at radius 2 is 1.85 bits per heavy atom. The molecule has 1 heterocycles. The second-order valence-corrected chi connectivity index (χ2v) is 4.92. The number of aryl methyl sites for hydroxylation is 2. The topological polar surface area (TPSA) is 54.0 Å². The first-order valence-electron chi connectivity index (χ1n) is 6.61. The second kappa shape index (κ2) is 6.19. The van der Waals surface area contributed by atoms with Crippen molar-refractivity contribution in [3.63, 3.8) is 0 Å². The molecule has 2 N–H and O–H groups in total. The fraction of sp³-hybridized carbons (Fsp3) is 0.250. The quantitative estimate of drug-likeness (QED) is 0.894. The Kier molecular flexibility index (Phi) is 4.35. The molecule has 0 radical (unpaired) electrons. The number of hydrogen-bond donors (Lipinski definition) is 2. The Balaban J connectivity index is 2.01. The van der Waals surface area contributed by atoms with Gasteiger partial charge in [0, 0.05) is 18.1 Å². The van der Waals surface area contributed by atoms with Crippen LogP contribution in [-0.4, -0.2) is 11.0 Å². The zero-order valence-electron chi connectivity index (χ0n) is 12.0. The number of rotatable bonds is 3. The molecule has 0 bridgehead atoms. The van der Waals surface area contributed by atoms with Crippen molar-refractivity contribution in [3.05, 3.63) is 59.4 Å². The molecule has 1 atom stereocenters. The van der Waals surface area contributed by atoms with Crippen molar-refractivity contribution >= 4 is 11.7 Å². The van der Waals surface area contributed by atoms with Crippen molar-refractivity contribution in [2.75, 3.05) is 5.32 Å². The molecule has 0 saturated carbocycles. The van der Waals surface area contributed by atoms with E-state index in [2.05, 4.69) is 15.6 Å². The first kappa shape index (κ1) is 14.1. The molecule has 2 amide bonds. The van der Waals surface area contributed by atoms with E-state index >= 15 is 0 Å². The highest BCUT2D eigenvalue weighted by Crippen LogP contribution is 2.17. The van der Waals surface area contributed by atoms with Crippen LogP contribution in [0.1, 0.15) is 29.7 Å². The average molecular weight is 269 g/mol. The van der Waals surface area contributed by atoms with Crippen molar-refractivity contribution in [3.8, 4) is 0 Å². The molecule has 0 aliphatic carbocycles. The molecule has 104 valence electrons. The predicted molar refractivity (Wildman–Crippen MR) is 80.7 cm³/mol. The van der Waals surface area contributed by atoms with Gasteiger partial charge >= 0.3 is 6.03 Å². The van der Waals surface area contributed by atoms with Crippen LogP contribution in [-0.2, 0) is 0 Å². The molecule has 0 spiro atoms. The summed E-state index contributed by atoms with van der Waals surface area (Å²) >= 11 is 0. The molecule has 2 aromatic rings. The summed E-state index contributed by atoms with van der Waals surface area (Å²) in [5.74, 6) is 0. The number of carbonyl (C=O) groups is 1. The molecule has 4 heteroatoms. The zero-order valence-corrected chi connectivity index (χ0v) is 12.0. The summed E-state index contributed by atoms with van der Waals surface area (Å²) in [6.07, 6.45) is 3.44. The molecule has 4 nitrogen and oxygen atoms in total. The fourth-order valence-electron chi connectivity index (χ4n) is 1.96. The molecule has 1 unspecified atom stereocenters. The van der Waals surface area contributed by atoms with Crippen LogP contribution in [0.5, 0.6) is 0 Å². The highest BCUT2D eigenvalue weighted by atomic mass is 16.2. The first-order valence-corrected chi connectivity index (χ1v) is 6.61. The molecule has 20 heavy (non-hydrogen) atoms. The molecule has 0 aliphatic heterocycles. The van der Waals surface area contributed by atoms with E-state index in [4.69, 9.17) is 0 Å². The molecule has 0 fully saturated rings. The van der Waals surface area contributed by atoms with Gasteiger partial charge in [-0.25, -0.2) is 4.79 Å². The molecular weight excluding hydrogens is 250 g/mol. The molecular formula is C16H19N3O. The van der Waals surface area contributed by atoms with Gasteiger partial charge in [-0.05, 0) is 55.7 Å². The number of anilines is 1. The standard InChI is InChI=1S/C16H19N3O/c1-11-4-5-12(2)15(10-11)19-16(20)18-13(3)14-6-8-17-9-7-14/h4-10,13H,1-3H3,(H2,18,19,20). The van der Waals surface area contributed by atoms with E-state index in [9.17, 15) is 4.79 Å². The minimum absolute atomic E-state index is 0.0666. The highest BCUT2D eigenvalue weighted by Gasteiger charge is 2.10. The van der Waals surface area contributed by atoms with Gasteiger partial charge in [-0.3, -0.25) is 4.98 Å². The Bertz CT molecular complexity index is 596. The van der Waals surface area contributed by atoms with Crippen molar-refractivity contribution in [2.24, 2.45) is 0 Å². The van der Waals surface area contributed by atoms with Crippen LogP contribution in [0.2, 0.25) is 0 Å². The maximum absolute atomic E-state index is 12.0. The van der Waals surface area contributed by atoms with Crippen LogP contribution in [0, 0.1) is 13.8 Å². The summed E-state index contributed by atoms with van der Waals surface area (Å²) in [6.45, 7) is 5.92. The van der Waals surface area contributed by atoms with E-state index < -0.39 is 0 Å². The smallest absolute Gasteiger partial charge is 0.319 e. The highest BCUT2D eigenvalue weighted by molar-refractivity contribution is 5.90. The van der Waals surface area contributed by atoms with Gasteiger partial charge in [0.1, 0.15) is 0 Å². The minimum Gasteiger partial charge on any atom is -0.331 e. The van der Waals surface area contributed by atoms with Crippen LogP contribution in [0.3, 0.4) is 0 Å². The van der Waals surface area contributed by atoms with Gasteiger partial charge in [-0.2, -0.15) is 0 Å². The lowest BCUT2D eigenvalue weighted by molar-refractivity contribution is 0.249. The summed E-state index contributed by atoms with van der Waals surface area (Å²) in [5, 5.41) is 5.80. The number of nitrogens with one attached hydrogen (secondary N) is 2. The van der Waals surface area contributed by atoms with Crippen molar-refractivity contribution in [1.29, 1.82) is 0 Å². The van der Waals surface area contributed by atoms with Crippen molar-refractivity contribution in [1.82, 2.24) is 10.3 Å². The third-order valence-electron chi connectivity index (χ3n) is 3.19. The van der Waals surface area contributed by atoms with Crippen LogP contribution in [0.4, 0.5) is 10.5 Å². The molecule has 0 saturated heterocycles. The Morgan fingerprint density at radius 3 is 2.55 bits per heavy atom. The van der Waals surface area contributed by atoms with Gasteiger partial charge in [0.05, 0.1) is 6.04 Å². The molecule has 1 aromatic carbocycles. The summed E-state index contributed by atoms with van der Waals surface area (Å²) in [7, 11) is 0. The van der Waals surface area contributed by atoms with Crippen LogP contribution < -0.4 is 10.6 Å². The van der Waals surface area contributed by atoms with E-state index in [1.807, 2.05) is 51.1 Å². The number of benzene rings is 1. The minimum atomic E-state index is -0.206. The number of urea groups is 1. The maximum atomic E-state index is 12.0. The number of aromatic nitrogens is 1. The monoisotopic (exact) mass is 269 g/mol. The maximum Gasteiger partial charge on any atom is 0.319 e. The van der Waals surface area contributed by atoms with Gasteiger partial charge in [-0.15, -0.1) is 0 Å². The van der Waals surface area contributed by atoms with Gasteiger partial charge in [0.15, 0.2) is 0 Å². The molecule has 1 aromatic heterocycles. The second-order valence-electron chi connectivity index (χ2n) is 4.92. The Hall–Kier alpha value is -2.36. The van der Waals surface area contributed by atoms with Crippen molar-refractivity contribution in [2.45, 2.75) is 26.8 Å². The summed E-state index contributed by atoms with van der Waals surface area (Å²) in [6, 6.07) is 9.50. The van der Waals surface area contributed by atoms with E-state index in [0.717, 1.165) is 22.4 Å². The number of hydrogen-bond acceptors (Lipinski definition) is 2. The normalized spacial score (nSPS) is 11.8. The zero-order chi connectivity index (χ0) is 14.5. The van der Waals surface area contributed by atoms with Crippen LogP contribution in [0.25, 0.3) is 0 Å². The van der Waals surface area contributed by atoms with Crippen LogP contribution >= 0.6 is 0 Å². The summed E-state index contributed by atoms with van der Waals surface area (Å²) in [5.41, 5.74) is 4.02. The van der Waals surface area contributed by atoms with Gasteiger partial charge in [0.2, 0.25) is 0 Å². The van der Waals surface area contributed by atoms with Gasteiger partial charge in [-0.1, -0.05) is 12.1 Å². The SMILES string of the molecule is Cc1ccc(C)c(NC(=O)NC(C)c2ccncc2)c1. The lowest BCUT2D eigenvalue weighted by atomic mass is 10.1. The summed E-state index contributed by atoms with van der Waals surface area (Å²) in [4.78, 5) is 16.0. The molecule has 0 aliphatic rings. The average Bonchev–Trinajstić information content (AvgIpc) is 2.43. The van der Waals surface area contributed by atoms with E-state index in [1.165, 1.54) is 0 Å². The number of nitrogens with zero attached hydrogens (tertiary/aromatic N) is 1. The lowest BCUT2D eigenvalue weighted by Gasteiger charge is -2.16. The van der Waals surface area contributed by atoms with E-state index in [1.54, 1.807) is 12.4 Å². The number of carbonyl (C=O) groups excluding carboxylic acids is 1. The third kappa shape index (κ3) is 3.57. The first-order chi connectivity index (χ1) is 9.56. The van der Waals surface area contributed by atoms with E-state index in [0.29, 0.717) is 0 Å².